The lowest BCUT2D eigenvalue weighted by molar-refractivity contribution is 0.101. The molecule has 136 valence electrons. The summed E-state index contributed by atoms with van der Waals surface area (Å²) in [6.45, 7) is 0. The Bertz CT molecular complexity index is 1210. The minimum atomic E-state index is -0.156. The van der Waals surface area contributed by atoms with Gasteiger partial charge in [0, 0.05) is 22.8 Å². The van der Waals surface area contributed by atoms with Gasteiger partial charge in [-0.3, -0.25) is 4.79 Å². The van der Waals surface area contributed by atoms with E-state index in [-0.39, 0.29) is 11.5 Å². The number of Topliss-reactive ketones (excluding diaryl/α,β-unsaturated/α-hetero) is 1. The van der Waals surface area contributed by atoms with Gasteiger partial charge in [-0.25, -0.2) is 4.68 Å². The van der Waals surface area contributed by atoms with Crippen molar-refractivity contribution in [2.75, 3.05) is 0 Å². The number of fused-ring (bicyclic) bond motifs is 1. The highest BCUT2D eigenvalue weighted by Gasteiger charge is 2.28. The number of thiophene rings is 1. The van der Waals surface area contributed by atoms with Crippen LogP contribution in [0.15, 0.2) is 78.0 Å². The monoisotopic (exact) mass is 404 g/mol. The zero-order valence-electron chi connectivity index (χ0n) is 14.5. The van der Waals surface area contributed by atoms with Gasteiger partial charge in [0.05, 0.1) is 16.1 Å². The Kier molecular flexibility index (Phi) is 4.11. The van der Waals surface area contributed by atoms with Gasteiger partial charge in [-0.05, 0) is 41.8 Å². The van der Waals surface area contributed by atoms with Gasteiger partial charge in [-0.2, -0.15) is 5.10 Å². The first-order valence-corrected chi connectivity index (χ1v) is 9.87. The molecule has 0 saturated carbocycles. The summed E-state index contributed by atoms with van der Waals surface area (Å²) in [5.74, 6) is 0.593. The molecular formula is C22H13ClN2O2S. The van der Waals surface area contributed by atoms with Crippen molar-refractivity contribution in [3.05, 3.63) is 94.1 Å². The summed E-state index contributed by atoms with van der Waals surface area (Å²) in [5.41, 5.74) is 3.08. The fraction of sp³-hybridized carbons (Fsp3) is 0. The Morgan fingerprint density at radius 3 is 2.71 bits per heavy atom. The molecule has 0 saturated heterocycles. The summed E-state index contributed by atoms with van der Waals surface area (Å²) in [6.07, 6.45) is 3.65. The molecule has 6 heteroatoms. The molecule has 4 nitrogen and oxygen atoms in total. The number of allylic oxidation sites excluding steroid dienone is 1. The van der Waals surface area contributed by atoms with E-state index >= 15 is 0 Å². The molecule has 0 N–H and O–H groups in total. The maximum absolute atomic E-state index is 12.7. The van der Waals surface area contributed by atoms with Crippen molar-refractivity contribution in [3.8, 4) is 22.0 Å². The number of carbonyl (C=O) groups is 1. The molecule has 0 radical (unpaired) electrons. The molecule has 2 aromatic heterocycles. The van der Waals surface area contributed by atoms with E-state index in [1.807, 2.05) is 58.7 Å². The number of benzene rings is 2. The Morgan fingerprint density at radius 2 is 1.93 bits per heavy atom. The van der Waals surface area contributed by atoms with E-state index in [0.717, 1.165) is 21.8 Å². The van der Waals surface area contributed by atoms with E-state index in [1.165, 1.54) is 0 Å². The zero-order chi connectivity index (χ0) is 19.1. The Hall–Kier alpha value is -3.15. The third kappa shape index (κ3) is 2.95. The van der Waals surface area contributed by atoms with Crippen LogP contribution >= 0.6 is 22.9 Å². The molecule has 0 amide bonds. The predicted molar refractivity (Wildman–Crippen MR) is 111 cm³/mol. The molecule has 0 fully saturated rings. The smallest absolute Gasteiger partial charge is 0.231 e. The fourth-order valence-electron chi connectivity index (χ4n) is 3.11. The van der Waals surface area contributed by atoms with Crippen LogP contribution in [0.2, 0.25) is 5.02 Å². The molecule has 0 aliphatic carbocycles. The molecule has 0 bridgehead atoms. The number of rotatable bonds is 3. The van der Waals surface area contributed by atoms with Gasteiger partial charge in [0.15, 0.2) is 5.76 Å². The average molecular weight is 405 g/mol. The lowest BCUT2D eigenvalue weighted by Gasteiger charge is -1.99. The predicted octanol–water partition coefficient (Wildman–Crippen LogP) is 5.87. The number of hydrogen-bond acceptors (Lipinski definition) is 4. The molecule has 3 heterocycles. The van der Waals surface area contributed by atoms with Crippen LogP contribution in [-0.2, 0) is 0 Å². The first kappa shape index (κ1) is 17.0. The van der Waals surface area contributed by atoms with E-state index in [2.05, 4.69) is 0 Å². The second-order valence-corrected chi connectivity index (χ2v) is 7.65. The summed E-state index contributed by atoms with van der Waals surface area (Å²) < 4.78 is 7.60. The number of nitrogens with zero attached hydrogens (tertiary/aromatic N) is 2. The van der Waals surface area contributed by atoms with Crippen molar-refractivity contribution >= 4 is 34.8 Å². The van der Waals surface area contributed by atoms with Crippen molar-refractivity contribution in [1.82, 2.24) is 9.78 Å². The highest BCUT2D eigenvalue weighted by Crippen LogP contribution is 2.35. The van der Waals surface area contributed by atoms with Gasteiger partial charge in [-0.15, -0.1) is 11.3 Å². The Labute approximate surface area is 170 Å². The quantitative estimate of drug-likeness (QED) is 0.401. The van der Waals surface area contributed by atoms with Crippen molar-refractivity contribution in [2.45, 2.75) is 0 Å². The van der Waals surface area contributed by atoms with Gasteiger partial charge in [0.25, 0.3) is 0 Å². The highest BCUT2D eigenvalue weighted by atomic mass is 35.5. The standard InChI is InChI=1S/C22H13ClN2O2S/c23-15-8-9-17-18(12-15)27-19(22(17)26)11-14-13-25(16-5-2-1-3-6-16)24-21(14)20-7-4-10-28-20/h1-13H/b19-11+. The lowest BCUT2D eigenvalue weighted by atomic mass is 10.1. The van der Waals surface area contributed by atoms with E-state index in [4.69, 9.17) is 21.4 Å². The van der Waals surface area contributed by atoms with Crippen LogP contribution in [-0.4, -0.2) is 15.6 Å². The summed E-state index contributed by atoms with van der Waals surface area (Å²) in [4.78, 5) is 13.7. The van der Waals surface area contributed by atoms with Crippen LogP contribution in [0.1, 0.15) is 15.9 Å². The second-order valence-electron chi connectivity index (χ2n) is 6.27. The molecule has 1 aliphatic heterocycles. The minimum absolute atomic E-state index is 0.156. The van der Waals surface area contributed by atoms with E-state index in [1.54, 1.807) is 35.6 Å². The first-order valence-electron chi connectivity index (χ1n) is 8.62. The van der Waals surface area contributed by atoms with Crippen LogP contribution in [0.4, 0.5) is 0 Å². The average Bonchev–Trinajstić information content (AvgIpc) is 3.43. The van der Waals surface area contributed by atoms with Gasteiger partial charge in [0.2, 0.25) is 5.78 Å². The van der Waals surface area contributed by atoms with E-state index in [0.29, 0.717) is 16.3 Å². The number of para-hydroxylation sites is 1. The number of carbonyl (C=O) groups excluding carboxylic acids is 1. The van der Waals surface area contributed by atoms with E-state index < -0.39 is 0 Å². The molecule has 0 spiro atoms. The third-order valence-corrected chi connectivity index (χ3v) is 5.55. The number of ether oxygens (including phenoxy) is 1. The van der Waals surface area contributed by atoms with Gasteiger partial charge < -0.3 is 4.74 Å². The number of halogens is 1. The van der Waals surface area contributed by atoms with E-state index in [9.17, 15) is 4.79 Å². The van der Waals surface area contributed by atoms with Crippen molar-refractivity contribution < 1.29 is 9.53 Å². The molecule has 0 unspecified atom stereocenters. The second kappa shape index (κ2) is 6.78. The van der Waals surface area contributed by atoms with Crippen LogP contribution in [0.3, 0.4) is 0 Å². The summed E-state index contributed by atoms with van der Waals surface area (Å²) >= 11 is 7.62. The zero-order valence-corrected chi connectivity index (χ0v) is 16.1. The van der Waals surface area contributed by atoms with Crippen LogP contribution < -0.4 is 4.74 Å². The van der Waals surface area contributed by atoms with Gasteiger partial charge in [0.1, 0.15) is 11.4 Å². The topological polar surface area (TPSA) is 44.1 Å². The summed E-state index contributed by atoms with van der Waals surface area (Å²) in [6, 6.07) is 18.9. The number of hydrogen-bond donors (Lipinski definition) is 0. The Morgan fingerprint density at radius 1 is 1.07 bits per heavy atom. The molecule has 4 aromatic rings. The van der Waals surface area contributed by atoms with Crippen molar-refractivity contribution in [2.24, 2.45) is 0 Å². The summed E-state index contributed by atoms with van der Waals surface area (Å²) in [7, 11) is 0. The van der Waals surface area contributed by atoms with Crippen molar-refractivity contribution in [3.63, 3.8) is 0 Å². The molecule has 1 aliphatic rings. The van der Waals surface area contributed by atoms with Crippen LogP contribution in [0.5, 0.6) is 5.75 Å². The largest absolute Gasteiger partial charge is 0.452 e. The fourth-order valence-corrected chi connectivity index (χ4v) is 4.01. The van der Waals surface area contributed by atoms with Gasteiger partial charge in [-0.1, -0.05) is 35.9 Å². The maximum Gasteiger partial charge on any atom is 0.231 e. The lowest BCUT2D eigenvalue weighted by Crippen LogP contribution is -1.98. The first-order chi connectivity index (χ1) is 13.7. The molecule has 2 aromatic carbocycles. The molecule has 28 heavy (non-hydrogen) atoms. The highest BCUT2D eigenvalue weighted by molar-refractivity contribution is 7.13. The SMILES string of the molecule is O=C1/C(=C\c2cn(-c3ccccc3)nc2-c2cccs2)Oc2cc(Cl)ccc21. The molecule has 5 rings (SSSR count). The van der Waals surface area contributed by atoms with Crippen LogP contribution in [0.25, 0.3) is 22.3 Å². The normalized spacial score (nSPS) is 14.3. The summed E-state index contributed by atoms with van der Waals surface area (Å²) in [5, 5.41) is 7.28. The number of ketones is 1. The molecule has 0 atom stereocenters. The van der Waals surface area contributed by atoms with Crippen molar-refractivity contribution in [1.29, 1.82) is 0 Å². The third-order valence-electron chi connectivity index (χ3n) is 4.44. The Balaban J connectivity index is 1.61. The number of aromatic nitrogens is 2. The van der Waals surface area contributed by atoms with Gasteiger partial charge >= 0.3 is 0 Å². The maximum atomic E-state index is 12.7. The van der Waals surface area contributed by atoms with Crippen LogP contribution in [0, 0.1) is 0 Å². The molecular weight excluding hydrogens is 392 g/mol. The minimum Gasteiger partial charge on any atom is -0.452 e.